The predicted molar refractivity (Wildman–Crippen MR) is 62.1 cm³/mol. The van der Waals surface area contributed by atoms with Gasteiger partial charge in [-0.3, -0.25) is 4.79 Å². The number of para-hydroxylation sites is 1. The number of rotatable bonds is 2. The first-order valence-corrected chi connectivity index (χ1v) is 5.67. The van der Waals surface area contributed by atoms with Crippen LogP contribution in [0, 0.1) is 5.82 Å². The van der Waals surface area contributed by atoms with E-state index in [1.165, 1.54) is 6.07 Å². The molecule has 0 radical (unpaired) electrons. The normalized spacial score (nSPS) is 23.8. The average Bonchev–Trinajstić information content (AvgIpc) is 2.51. The first-order chi connectivity index (χ1) is 7.56. The summed E-state index contributed by atoms with van der Waals surface area (Å²) >= 11 is 0. The van der Waals surface area contributed by atoms with Gasteiger partial charge in [0.1, 0.15) is 5.82 Å². The van der Waals surface area contributed by atoms with Gasteiger partial charge in [0, 0.05) is 6.54 Å². The van der Waals surface area contributed by atoms with Gasteiger partial charge < -0.3 is 4.90 Å². The zero-order valence-corrected chi connectivity index (χ0v) is 9.88. The highest BCUT2D eigenvalue weighted by molar-refractivity contribution is 6.07. The number of carbonyl (C=O) groups is 1. The fraction of sp³-hybridized carbons (Fsp3) is 0.462. The molecule has 0 aromatic heterocycles. The third-order valence-corrected chi connectivity index (χ3v) is 3.59. The Hall–Kier alpha value is -1.38. The zero-order valence-electron chi connectivity index (χ0n) is 9.88. The van der Waals surface area contributed by atoms with Crippen LogP contribution >= 0.6 is 0 Å². The van der Waals surface area contributed by atoms with Gasteiger partial charge in [0.25, 0.3) is 0 Å². The quantitative estimate of drug-likeness (QED) is 0.752. The minimum atomic E-state index is -0.562. The van der Waals surface area contributed by atoms with Crippen LogP contribution in [-0.4, -0.2) is 12.5 Å². The topological polar surface area (TPSA) is 20.3 Å². The summed E-state index contributed by atoms with van der Waals surface area (Å²) in [6.45, 7) is 6.24. The van der Waals surface area contributed by atoms with Gasteiger partial charge in [-0.1, -0.05) is 19.1 Å². The summed E-state index contributed by atoms with van der Waals surface area (Å²) in [4.78, 5) is 13.8. The summed E-state index contributed by atoms with van der Waals surface area (Å²) in [7, 11) is 0. The highest BCUT2D eigenvalue weighted by atomic mass is 19.1. The maximum Gasteiger partial charge on any atom is 0.237 e. The summed E-state index contributed by atoms with van der Waals surface area (Å²) in [5.41, 5.74) is 0.731. The van der Waals surface area contributed by atoms with Crippen LogP contribution in [0.25, 0.3) is 0 Å². The molecule has 86 valence electrons. The molecule has 0 saturated heterocycles. The molecular weight excluding hydrogens is 205 g/mol. The summed E-state index contributed by atoms with van der Waals surface area (Å²) in [6, 6.07) is 4.94. The molecule has 2 rings (SSSR count). The van der Waals surface area contributed by atoms with Gasteiger partial charge in [-0.05, 0) is 31.9 Å². The Labute approximate surface area is 95.1 Å². The minimum absolute atomic E-state index is 0.0117. The Kier molecular flexibility index (Phi) is 2.49. The number of fused-ring (bicyclic) bond motifs is 1. The Balaban J connectivity index is 2.69. The molecule has 1 atom stereocenters. The van der Waals surface area contributed by atoms with Crippen LogP contribution in [0.5, 0.6) is 0 Å². The lowest BCUT2D eigenvalue weighted by molar-refractivity contribution is -0.122. The molecule has 0 aliphatic carbocycles. The number of carbonyl (C=O) groups excluding carboxylic acids is 1. The fourth-order valence-electron chi connectivity index (χ4n) is 2.39. The van der Waals surface area contributed by atoms with Crippen LogP contribution in [0.4, 0.5) is 10.1 Å². The lowest BCUT2D eigenvalue weighted by atomic mass is 9.81. The van der Waals surface area contributed by atoms with Crippen LogP contribution < -0.4 is 4.90 Å². The van der Waals surface area contributed by atoms with E-state index in [1.54, 1.807) is 11.0 Å². The van der Waals surface area contributed by atoms with Crippen LogP contribution in [0.15, 0.2) is 18.2 Å². The van der Waals surface area contributed by atoms with Gasteiger partial charge in [0.15, 0.2) is 0 Å². The molecule has 3 heteroatoms. The Morgan fingerprint density at radius 3 is 2.62 bits per heavy atom. The molecule has 0 N–H and O–H groups in total. The van der Waals surface area contributed by atoms with Crippen molar-refractivity contribution in [2.45, 2.75) is 32.6 Å². The molecule has 1 amide bonds. The number of hydrogen-bond acceptors (Lipinski definition) is 1. The molecule has 1 aromatic carbocycles. The molecular formula is C13H16FNO. The van der Waals surface area contributed by atoms with Crippen LogP contribution in [0.2, 0.25) is 0 Å². The monoisotopic (exact) mass is 221 g/mol. The third-order valence-electron chi connectivity index (χ3n) is 3.59. The van der Waals surface area contributed by atoms with Crippen molar-refractivity contribution in [3.63, 3.8) is 0 Å². The van der Waals surface area contributed by atoms with Crippen molar-refractivity contribution in [3.8, 4) is 0 Å². The van der Waals surface area contributed by atoms with E-state index < -0.39 is 5.41 Å². The van der Waals surface area contributed by atoms with E-state index in [1.807, 2.05) is 26.8 Å². The predicted octanol–water partition coefficient (Wildman–Crippen LogP) is 2.86. The van der Waals surface area contributed by atoms with Gasteiger partial charge in [-0.15, -0.1) is 0 Å². The number of nitrogens with zero attached hydrogens (tertiary/aromatic N) is 1. The largest absolute Gasteiger partial charge is 0.309 e. The van der Waals surface area contributed by atoms with E-state index in [-0.39, 0.29) is 11.7 Å². The summed E-state index contributed by atoms with van der Waals surface area (Å²) in [5, 5.41) is 0. The van der Waals surface area contributed by atoms with E-state index in [2.05, 4.69) is 0 Å². The number of amides is 1. The van der Waals surface area contributed by atoms with Gasteiger partial charge >= 0.3 is 0 Å². The summed E-state index contributed by atoms with van der Waals surface area (Å²) in [5.74, 6) is -0.289. The average molecular weight is 221 g/mol. The highest BCUT2D eigenvalue weighted by Gasteiger charge is 2.46. The Morgan fingerprint density at radius 1 is 1.38 bits per heavy atom. The first kappa shape index (κ1) is 11.1. The van der Waals surface area contributed by atoms with Gasteiger partial charge in [0.05, 0.1) is 11.1 Å². The Morgan fingerprint density at radius 2 is 2.06 bits per heavy atom. The Bertz CT molecular complexity index is 444. The van der Waals surface area contributed by atoms with Gasteiger partial charge in [0.2, 0.25) is 5.91 Å². The fourth-order valence-corrected chi connectivity index (χ4v) is 2.39. The molecule has 1 aliphatic rings. The third kappa shape index (κ3) is 1.20. The van der Waals surface area contributed by atoms with E-state index in [9.17, 15) is 9.18 Å². The highest BCUT2D eigenvalue weighted by Crippen LogP contribution is 2.44. The van der Waals surface area contributed by atoms with Crippen molar-refractivity contribution >= 4 is 11.6 Å². The molecule has 0 saturated carbocycles. The van der Waals surface area contributed by atoms with Crippen molar-refractivity contribution in [1.29, 1.82) is 0 Å². The molecule has 2 nitrogen and oxygen atoms in total. The van der Waals surface area contributed by atoms with Crippen LogP contribution in [0.3, 0.4) is 0 Å². The lowest BCUT2D eigenvalue weighted by Crippen LogP contribution is -2.37. The van der Waals surface area contributed by atoms with Gasteiger partial charge in [-0.25, -0.2) is 4.39 Å². The molecule has 1 aliphatic heterocycles. The molecule has 0 bridgehead atoms. The second-order valence-electron chi connectivity index (χ2n) is 4.37. The van der Waals surface area contributed by atoms with Gasteiger partial charge in [-0.2, -0.15) is 0 Å². The molecule has 1 heterocycles. The van der Waals surface area contributed by atoms with Crippen LogP contribution in [0.1, 0.15) is 32.8 Å². The second kappa shape index (κ2) is 3.58. The maximum absolute atomic E-state index is 13.8. The minimum Gasteiger partial charge on any atom is -0.309 e. The van der Waals surface area contributed by atoms with Crippen molar-refractivity contribution in [3.05, 3.63) is 29.6 Å². The molecule has 16 heavy (non-hydrogen) atoms. The standard InChI is InChI=1S/C13H16FNO/c1-4-13(3)9-7-6-8-10(14)11(9)15(5-2)12(13)16/h6-8H,4-5H2,1-3H3. The van der Waals surface area contributed by atoms with E-state index in [0.29, 0.717) is 18.7 Å². The smallest absolute Gasteiger partial charge is 0.237 e. The van der Waals surface area contributed by atoms with E-state index in [0.717, 1.165) is 5.56 Å². The number of halogens is 1. The molecule has 1 unspecified atom stereocenters. The summed E-state index contributed by atoms with van der Waals surface area (Å²) < 4.78 is 13.8. The van der Waals surface area contributed by atoms with Crippen molar-refractivity contribution in [1.82, 2.24) is 0 Å². The lowest BCUT2D eigenvalue weighted by Gasteiger charge is -2.21. The van der Waals surface area contributed by atoms with E-state index in [4.69, 9.17) is 0 Å². The van der Waals surface area contributed by atoms with Crippen LogP contribution in [-0.2, 0) is 10.2 Å². The second-order valence-corrected chi connectivity index (χ2v) is 4.37. The maximum atomic E-state index is 13.8. The zero-order chi connectivity index (χ0) is 11.9. The van der Waals surface area contributed by atoms with E-state index >= 15 is 0 Å². The number of anilines is 1. The SMILES string of the molecule is CCN1C(=O)C(C)(CC)c2cccc(F)c21. The molecule has 0 spiro atoms. The molecule has 0 fully saturated rings. The van der Waals surface area contributed by atoms with Crippen molar-refractivity contribution in [2.24, 2.45) is 0 Å². The molecule has 1 aromatic rings. The van der Waals surface area contributed by atoms with Crippen molar-refractivity contribution in [2.75, 3.05) is 11.4 Å². The summed E-state index contributed by atoms with van der Waals surface area (Å²) in [6.07, 6.45) is 0.693. The van der Waals surface area contributed by atoms with Crippen molar-refractivity contribution < 1.29 is 9.18 Å². The number of hydrogen-bond donors (Lipinski definition) is 0. The number of likely N-dealkylation sites (N-methyl/N-ethyl adjacent to an activating group) is 1. The first-order valence-electron chi connectivity index (χ1n) is 5.67. The number of benzene rings is 1.